The van der Waals surface area contributed by atoms with Crippen molar-refractivity contribution in [3.8, 4) is 0 Å². The highest BCUT2D eigenvalue weighted by molar-refractivity contribution is 5.20. The Labute approximate surface area is 111 Å². The lowest BCUT2D eigenvalue weighted by Gasteiger charge is -2.30. The first kappa shape index (κ1) is 13.6. The minimum Gasteiger partial charge on any atom is -0.463 e. The number of likely N-dealkylation sites (tertiary alicyclic amines) is 1. The van der Waals surface area contributed by atoms with Gasteiger partial charge in [-0.15, -0.1) is 0 Å². The van der Waals surface area contributed by atoms with Gasteiger partial charge in [0.1, 0.15) is 11.5 Å². The fourth-order valence-corrected chi connectivity index (χ4v) is 2.73. The normalized spacial score (nSPS) is 19.6. The second kappa shape index (κ2) is 5.45. The first-order valence-corrected chi connectivity index (χ1v) is 7.07. The summed E-state index contributed by atoms with van der Waals surface area (Å²) in [6.07, 6.45) is 2.59. The molecule has 0 atom stereocenters. The average molecular weight is 250 g/mol. The molecule has 0 aromatic carbocycles. The highest BCUT2D eigenvalue weighted by Crippen LogP contribution is 2.30. The molecule has 0 radical (unpaired) electrons. The van der Waals surface area contributed by atoms with Crippen LogP contribution in [-0.4, -0.2) is 23.5 Å². The topological polar surface area (TPSA) is 28.4 Å². The molecule has 1 aliphatic rings. The van der Waals surface area contributed by atoms with E-state index in [9.17, 15) is 0 Å². The maximum Gasteiger partial charge on any atom is 0.120 e. The van der Waals surface area contributed by atoms with Crippen LogP contribution in [0.3, 0.4) is 0 Å². The third-order valence-corrected chi connectivity index (χ3v) is 4.03. The third-order valence-electron chi connectivity index (χ3n) is 4.03. The second-order valence-corrected chi connectivity index (χ2v) is 5.94. The first-order chi connectivity index (χ1) is 8.53. The van der Waals surface area contributed by atoms with Gasteiger partial charge >= 0.3 is 0 Å². The lowest BCUT2D eigenvalue weighted by atomic mass is 10.0. The smallest absolute Gasteiger partial charge is 0.120 e. The van der Waals surface area contributed by atoms with Gasteiger partial charge in [0, 0.05) is 5.54 Å². The van der Waals surface area contributed by atoms with E-state index in [1.807, 2.05) is 0 Å². The van der Waals surface area contributed by atoms with E-state index in [0.717, 1.165) is 31.2 Å². The molecule has 3 nitrogen and oxygen atoms in total. The lowest BCUT2D eigenvalue weighted by Crippen LogP contribution is -2.37. The number of aryl methyl sites for hydroxylation is 1. The van der Waals surface area contributed by atoms with E-state index in [-0.39, 0.29) is 0 Å². The standard InChI is InChI=1S/C15H26N2O/c1-5-16-10-14-12(2)9-13(18-14)11-17-8-6-7-15(17,3)4/h9,16H,5-8,10-11H2,1-4H3. The highest BCUT2D eigenvalue weighted by atomic mass is 16.3. The molecule has 0 unspecified atom stereocenters. The molecule has 2 heterocycles. The summed E-state index contributed by atoms with van der Waals surface area (Å²) < 4.78 is 5.97. The molecule has 0 aliphatic carbocycles. The quantitative estimate of drug-likeness (QED) is 0.870. The van der Waals surface area contributed by atoms with Crippen molar-refractivity contribution < 1.29 is 4.42 Å². The van der Waals surface area contributed by atoms with Crippen LogP contribution in [0.1, 0.15) is 50.7 Å². The zero-order valence-electron chi connectivity index (χ0n) is 12.2. The summed E-state index contributed by atoms with van der Waals surface area (Å²) in [5.41, 5.74) is 1.59. The van der Waals surface area contributed by atoms with Crippen molar-refractivity contribution in [2.75, 3.05) is 13.1 Å². The van der Waals surface area contributed by atoms with Crippen molar-refractivity contribution in [3.63, 3.8) is 0 Å². The van der Waals surface area contributed by atoms with Crippen molar-refractivity contribution in [2.45, 2.75) is 59.2 Å². The third kappa shape index (κ3) is 2.96. The molecular weight excluding hydrogens is 224 g/mol. The van der Waals surface area contributed by atoms with Crippen LogP contribution in [0.2, 0.25) is 0 Å². The van der Waals surface area contributed by atoms with Gasteiger partial charge in [0.2, 0.25) is 0 Å². The Morgan fingerprint density at radius 3 is 2.83 bits per heavy atom. The van der Waals surface area contributed by atoms with E-state index in [1.54, 1.807) is 0 Å². The summed E-state index contributed by atoms with van der Waals surface area (Å²) in [6, 6.07) is 2.20. The lowest BCUT2D eigenvalue weighted by molar-refractivity contribution is 0.153. The van der Waals surface area contributed by atoms with Crippen molar-refractivity contribution in [1.29, 1.82) is 0 Å². The van der Waals surface area contributed by atoms with Crippen LogP contribution in [0, 0.1) is 6.92 Å². The van der Waals surface area contributed by atoms with Gasteiger partial charge in [0.25, 0.3) is 0 Å². The zero-order valence-corrected chi connectivity index (χ0v) is 12.2. The summed E-state index contributed by atoms with van der Waals surface area (Å²) in [5, 5.41) is 3.32. The predicted octanol–water partition coefficient (Wildman–Crippen LogP) is 3.07. The predicted molar refractivity (Wildman–Crippen MR) is 74.5 cm³/mol. The van der Waals surface area contributed by atoms with Crippen LogP contribution in [-0.2, 0) is 13.1 Å². The first-order valence-electron chi connectivity index (χ1n) is 7.07. The van der Waals surface area contributed by atoms with E-state index in [1.165, 1.54) is 24.9 Å². The summed E-state index contributed by atoms with van der Waals surface area (Å²) in [4.78, 5) is 2.53. The molecule has 1 aromatic rings. The Bertz CT molecular complexity index is 395. The van der Waals surface area contributed by atoms with Gasteiger partial charge < -0.3 is 9.73 Å². The Balaban J connectivity index is 2.01. The van der Waals surface area contributed by atoms with Gasteiger partial charge in [-0.2, -0.15) is 0 Å². The second-order valence-electron chi connectivity index (χ2n) is 5.94. The van der Waals surface area contributed by atoms with Gasteiger partial charge in [0.15, 0.2) is 0 Å². The molecule has 18 heavy (non-hydrogen) atoms. The molecule has 1 aliphatic heterocycles. The van der Waals surface area contributed by atoms with Crippen LogP contribution in [0.4, 0.5) is 0 Å². The molecule has 1 saturated heterocycles. The van der Waals surface area contributed by atoms with Crippen LogP contribution >= 0.6 is 0 Å². The maximum atomic E-state index is 5.97. The van der Waals surface area contributed by atoms with Crippen molar-refractivity contribution in [2.24, 2.45) is 0 Å². The van der Waals surface area contributed by atoms with E-state index < -0.39 is 0 Å². The van der Waals surface area contributed by atoms with Crippen molar-refractivity contribution in [1.82, 2.24) is 10.2 Å². The maximum absolute atomic E-state index is 5.97. The van der Waals surface area contributed by atoms with Gasteiger partial charge in [-0.3, -0.25) is 4.90 Å². The Morgan fingerprint density at radius 2 is 2.22 bits per heavy atom. The van der Waals surface area contributed by atoms with E-state index in [2.05, 4.69) is 44.0 Å². The molecule has 102 valence electrons. The highest BCUT2D eigenvalue weighted by Gasteiger charge is 2.32. The molecule has 1 aromatic heterocycles. The van der Waals surface area contributed by atoms with Gasteiger partial charge in [-0.05, 0) is 58.3 Å². The number of furan rings is 1. The fourth-order valence-electron chi connectivity index (χ4n) is 2.73. The molecule has 0 bridgehead atoms. The zero-order chi connectivity index (χ0) is 13.2. The Hall–Kier alpha value is -0.800. The van der Waals surface area contributed by atoms with Crippen LogP contribution in [0.25, 0.3) is 0 Å². The molecule has 0 saturated carbocycles. The molecule has 2 rings (SSSR count). The number of hydrogen-bond donors (Lipinski definition) is 1. The molecule has 1 N–H and O–H groups in total. The van der Waals surface area contributed by atoms with Gasteiger partial charge in [0.05, 0.1) is 13.1 Å². The summed E-state index contributed by atoms with van der Waals surface area (Å²) in [5.74, 6) is 2.19. The molecule has 1 fully saturated rings. The monoisotopic (exact) mass is 250 g/mol. The Morgan fingerprint density at radius 1 is 1.44 bits per heavy atom. The Kier molecular flexibility index (Phi) is 4.13. The molecular formula is C15H26N2O. The summed E-state index contributed by atoms with van der Waals surface area (Å²) >= 11 is 0. The van der Waals surface area contributed by atoms with E-state index >= 15 is 0 Å². The number of nitrogens with zero attached hydrogens (tertiary/aromatic N) is 1. The van der Waals surface area contributed by atoms with Crippen LogP contribution in [0.15, 0.2) is 10.5 Å². The fraction of sp³-hybridized carbons (Fsp3) is 0.733. The van der Waals surface area contributed by atoms with E-state index in [0.29, 0.717) is 5.54 Å². The minimum atomic E-state index is 0.322. The van der Waals surface area contributed by atoms with Crippen molar-refractivity contribution >= 4 is 0 Å². The number of hydrogen-bond acceptors (Lipinski definition) is 3. The van der Waals surface area contributed by atoms with Crippen molar-refractivity contribution in [3.05, 3.63) is 23.2 Å². The minimum absolute atomic E-state index is 0.322. The molecule has 0 spiro atoms. The summed E-state index contributed by atoms with van der Waals surface area (Å²) in [6.45, 7) is 12.9. The number of nitrogens with one attached hydrogen (secondary N) is 1. The largest absolute Gasteiger partial charge is 0.463 e. The van der Waals surface area contributed by atoms with Gasteiger partial charge in [-0.25, -0.2) is 0 Å². The summed E-state index contributed by atoms with van der Waals surface area (Å²) in [7, 11) is 0. The molecule has 0 amide bonds. The van der Waals surface area contributed by atoms with E-state index in [4.69, 9.17) is 4.42 Å². The van der Waals surface area contributed by atoms with Crippen LogP contribution in [0.5, 0.6) is 0 Å². The molecule has 3 heteroatoms. The SMILES string of the molecule is CCNCc1oc(CN2CCCC2(C)C)cc1C. The number of rotatable bonds is 5. The van der Waals surface area contributed by atoms with Gasteiger partial charge in [-0.1, -0.05) is 6.92 Å². The van der Waals surface area contributed by atoms with Crippen LogP contribution < -0.4 is 5.32 Å². The average Bonchev–Trinajstić information content (AvgIpc) is 2.81.